The largest absolute Gasteiger partial charge is 0.431 e. The molecule has 1 unspecified atom stereocenters. The summed E-state index contributed by atoms with van der Waals surface area (Å²) >= 11 is 0. The van der Waals surface area contributed by atoms with Crippen LogP contribution in [0.25, 0.3) is 0 Å². The zero-order chi connectivity index (χ0) is 23.3. The van der Waals surface area contributed by atoms with Crippen molar-refractivity contribution in [2.45, 2.75) is 46.3 Å². The fraction of sp³-hybridized carbons (Fsp3) is 0.632. The van der Waals surface area contributed by atoms with Crippen LogP contribution in [-0.4, -0.2) is 72.4 Å². The molecule has 2 aromatic rings. The van der Waals surface area contributed by atoms with Gasteiger partial charge in [0.15, 0.2) is 11.5 Å². The van der Waals surface area contributed by atoms with Crippen LogP contribution >= 0.6 is 0 Å². The monoisotopic (exact) mass is 470 g/mol. The minimum Gasteiger partial charge on any atom is -0.431 e. The van der Waals surface area contributed by atoms with Crippen molar-refractivity contribution in [3.8, 4) is 0 Å². The van der Waals surface area contributed by atoms with Gasteiger partial charge in [-0.05, 0) is 34.1 Å². The third kappa shape index (κ3) is 6.06. The number of anilines is 2. The summed E-state index contributed by atoms with van der Waals surface area (Å²) in [5, 5.41) is 7.30. The van der Waals surface area contributed by atoms with E-state index in [0.717, 1.165) is 11.8 Å². The average Bonchev–Trinajstić information content (AvgIpc) is 3.26. The van der Waals surface area contributed by atoms with Crippen LogP contribution < -0.4 is 10.0 Å². The molecule has 3 heterocycles. The van der Waals surface area contributed by atoms with E-state index in [0.29, 0.717) is 25.5 Å². The maximum atomic E-state index is 12.7. The second-order valence-electron chi connectivity index (χ2n) is 7.67. The summed E-state index contributed by atoms with van der Waals surface area (Å²) in [7, 11) is -4.07. The van der Waals surface area contributed by atoms with Crippen LogP contribution in [0.3, 0.4) is 0 Å². The average molecular weight is 471 g/mol. The molecule has 13 heteroatoms. The van der Waals surface area contributed by atoms with Crippen molar-refractivity contribution in [2.75, 3.05) is 38.2 Å². The van der Waals surface area contributed by atoms with E-state index in [1.807, 2.05) is 38.6 Å². The summed E-state index contributed by atoms with van der Waals surface area (Å²) in [6.45, 7) is 9.28. The maximum Gasteiger partial charge on any atom is 0.304 e. The van der Waals surface area contributed by atoms with Gasteiger partial charge >= 0.3 is 16.2 Å². The fourth-order valence-electron chi connectivity index (χ4n) is 3.07. The van der Waals surface area contributed by atoms with Gasteiger partial charge in [-0.1, -0.05) is 0 Å². The maximum absolute atomic E-state index is 12.7. The third-order valence-corrected chi connectivity index (χ3v) is 6.36. The molecule has 1 aliphatic rings. The summed E-state index contributed by atoms with van der Waals surface area (Å²) < 4.78 is 46.6. The Bertz CT molecular complexity index is 1020. The van der Waals surface area contributed by atoms with Crippen molar-refractivity contribution < 1.29 is 27.1 Å². The topological polar surface area (TPSA) is 141 Å². The molecule has 0 aliphatic carbocycles. The van der Waals surface area contributed by atoms with Crippen LogP contribution in [0.15, 0.2) is 16.9 Å². The van der Waals surface area contributed by atoms with Crippen molar-refractivity contribution >= 4 is 27.9 Å². The Morgan fingerprint density at radius 2 is 2.16 bits per heavy atom. The molecule has 0 saturated carbocycles. The molecule has 3 rings (SSSR count). The highest BCUT2D eigenvalue weighted by molar-refractivity contribution is 7.87. The van der Waals surface area contributed by atoms with Crippen molar-refractivity contribution in [3.05, 3.63) is 23.7 Å². The van der Waals surface area contributed by atoms with Crippen molar-refractivity contribution in [2.24, 2.45) is 0 Å². The lowest BCUT2D eigenvalue weighted by molar-refractivity contribution is -0.00687. The highest BCUT2D eigenvalue weighted by atomic mass is 32.2. The smallest absolute Gasteiger partial charge is 0.304 e. The number of carbonyl (C=O) groups is 1. The van der Waals surface area contributed by atoms with Crippen LogP contribution in [0.4, 0.5) is 11.8 Å². The van der Waals surface area contributed by atoms with Crippen molar-refractivity contribution in [1.82, 2.24) is 23.8 Å². The van der Waals surface area contributed by atoms with E-state index in [4.69, 9.17) is 13.9 Å². The standard InChI is InChI=1S/C19H30N6O6S/c1-5-29-11-15-6-7-24(8-9-30-15)32(27,28)23-18(26)16-12-31-19(20-16)21-17-14(4)10-25(22-17)13(2)3/h10,12-13,15H,5-9,11H2,1-4H3,(H,23,26)(H,20,21,22). The van der Waals surface area contributed by atoms with Crippen LogP contribution in [-0.2, 0) is 19.7 Å². The summed E-state index contributed by atoms with van der Waals surface area (Å²) in [6, 6.07) is 0.214. The summed E-state index contributed by atoms with van der Waals surface area (Å²) in [5.41, 5.74) is 0.703. The van der Waals surface area contributed by atoms with E-state index in [2.05, 4.69) is 15.4 Å². The molecule has 1 fully saturated rings. The van der Waals surface area contributed by atoms with Gasteiger partial charge in [0.2, 0.25) is 0 Å². The van der Waals surface area contributed by atoms with Gasteiger partial charge in [0.1, 0.15) is 6.26 Å². The van der Waals surface area contributed by atoms with E-state index in [9.17, 15) is 13.2 Å². The molecule has 0 radical (unpaired) electrons. The molecule has 0 aromatic carbocycles. The molecule has 1 amide bonds. The normalized spacial score (nSPS) is 18.0. The lowest BCUT2D eigenvalue weighted by Crippen LogP contribution is -2.44. The van der Waals surface area contributed by atoms with Gasteiger partial charge in [-0.25, -0.2) is 4.72 Å². The molecule has 1 atom stereocenters. The number of hydrogen-bond donors (Lipinski definition) is 2. The summed E-state index contributed by atoms with van der Waals surface area (Å²) in [6.07, 6.45) is 3.25. The predicted molar refractivity (Wildman–Crippen MR) is 116 cm³/mol. The number of hydrogen-bond acceptors (Lipinski definition) is 9. The van der Waals surface area contributed by atoms with Gasteiger partial charge in [0, 0.05) is 37.5 Å². The zero-order valence-electron chi connectivity index (χ0n) is 18.7. The molecule has 1 aliphatic heterocycles. The van der Waals surface area contributed by atoms with Crippen LogP contribution in [0.1, 0.15) is 49.3 Å². The highest BCUT2D eigenvalue weighted by Crippen LogP contribution is 2.20. The molecule has 0 bridgehead atoms. The number of nitrogens with one attached hydrogen (secondary N) is 2. The van der Waals surface area contributed by atoms with E-state index >= 15 is 0 Å². The second-order valence-corrected chi connectivity index (χ2v) is 9.34. The van der Waals surface area contributed by atoms with Gasteiger partial charge in [-0.15, -0.1) is 0 Å². The quantitative estimate of drug-likeness (QED) is 0.559. The van der Waals surface area contributed by atoms with Crippen molar-refractivity contribution in [3.63, 3.8) is 0 Å². The number of amides is 1. The Morgan fingerprint density at radius 1 is 1.38 bits per heavy atom. The number of oxazole rings is 1. The van der Waals surface area contributed by atoms with E-state index in [1.54, 1.807) is 4.68 Å². The molecule has 32 heavy (non-hydrogen) atoms. The zero-order valence-corrected chi connectivity index (χ0v) is 19.5. The second kappa shape index (κ2) is 10.4. The Labute approximate surface area is 187 Å². The molecule has 2 aromatic heterocycles. The molecule has 178 valence electrons. The Kier molecular flexibility index (Phi) is 7.87. The molecule has 0 spiro atoms. The molecule has 2 N–H and O–H groups in total. The van der Waals surface area contributed by atoms with Crippen LogP contribution in [0, 0.1) is 6.92 Å². The predicted octanol–water partition coefficient (Wildman–Crippen LogP) is 1.61. The molecule has 12 nitrogen and oxygen atoms in total. The number of aromatic nitrogens is 3. The summed E-state index contributed by atoms with van der Waals surface area (Å²) in [4.78, 5) is 16.5. The lowest BCUT2D eigenvalue weighted by Gasteiger charge is -2.19. The Balaban J connectivity index is 1.60. The fourth-order valence-corrected chi connectivity index (χ4v) is 4.20. The first-order valence-electron chi connectivity index (χ1n) is 10.5. The van der Waals surface area contributed by atoms with Gasteiger partial charge in [-0.3, -0.25) is 14.8 Å². The first-order chi connectivity index (χ1) is 15.2. The third-order valence-electron chi connectivity index (χ3n) is 4.87. The molecular formula is C19H30N6O6S. The molecular weight excluding hydrogens is 440 g/mol. The number of carbonyl (C=O) groups excluding carboxylic acids is 1. The summed E-state index contributed by atoms with van der Waals surface area (Å²) in [5.74, 6) is -0.353. The van der Waals surface area contributed by atoms with E-state index in [1.165, 1.54) is 4.31 Å². The number of rotatable bonds is 9. The first-order valence-corrected chi connectivity index (χ1v) is 11.9. The number of aryl methyl sites for hydroxylation is 1. The first kappa shape index (κ1) is 24.2. The number of ether oxygens (including phenoxy) is 2. The van der Waals surface area contributed by atoms with Crippen molar-refractivity contribution in [1.29, 1.82) is 0 Å². The number of nitrogens with zero attached hydrogens (tertiary/aromatic N) is 4. The van der Waals surface area contributed by atoms with Gasteiger partial charge in [0.05, 0.1) is 19.3 Å². The Hall–Kier alpha value is -2.48. The van der Waals surface area contributed by atoms with Gasteiger partial charge in [-0.2, -0.15) is 22.8 Å². The van der Waals surface area contributed by atoms with Crippen LogP contribution in [0.2, 0.25) is 0 Å². The molecule has 1 saturated heterocycles. The minimum atomic E-state index is -4.07. The lowest BCUT2D eigenvalue weighted by atomic mass is 10.3. The highest BCUT2D eigenvalue weighted by Gasteiger charge is 2.29. The van der Waals surface area contributed by atoms with E-state index < -0.39 is 16.1 Å². The van der Waals surface area contributed by atoms with E-state index in [-0.39, 0.29) is 43.6 Å². The van der Waals surface area contributed by atoms with Gasteiger partial charge < -0.3 is 13.9 Å². The van der Waals surface area contributed by atoms with Crippen LogP contribution in [0.5, 0.6) is 0 Å². The minimum absolute atomic E-state index is 0.0339. The SMILES string of the molecule is CCOCC1CCN(S(=O)(=O)NC(=O)c2coc(Nc3nn(C(C)C)cc3C)n2)CCO1. The Morgan fingerprint density at radius 3 is 2.84 bits per heavy atom. The van der Waals surface area contributed by atoms with Gasteiger partial charge in [0.25, 0.3) is 5.91 Å².